The first-order valence-electron chi connectivity index (χ1n) is 6.88. The highest BCUT2D eigenvalue weighted by Crippen LogP contribution is 2.02. The van der Waals surface area contributed by atoms with Crippen molar-refractivity contribution < 1.29 is 0 Å². The van der Waals surface area contributed by atoms with Crippen LogP contribution in [0.1, 0.15) is 58.8 Å². The van der Waals surface area contributed by atoms with E-state index in [2.05, 4.69) is 39.2 Å². The van der Waals surface area contributed by atoms with Gasteiger partial charge in [0.05, 0.1) is 0 Å². The summed E-state index contributed by atoms with van der Waals surface area (Å²) in [5, 5.41) is 0. The molecule has 0 nitrogen and oxygen atoms in total. The van der Waals surface area contributed by atoms with Crippen LogP contribution in [0.25, 0.3) is 0 Å². The molecule has 0 bridgehead atoms. The van der Waals surface area contributed by atoms with E-state index in [1.807, 2.05) is 18.2 Å². The Morgan fingerprint density at radius 3 is 1.76 bits per heavy atom. The van der Waals surface area contributed by atoms with Crippen LogP contribution in [0.2, 0.25) is 0 Å². The average molecular weight is 234 g/mol. The molecule has 0 radical (unpaired) electrons. The van der Waals surface area contributed by atoms with Crippen LogP contribution in [-0.2, 0) is 0 Å². The Labute approximate surface area is 109 Å². The van der Waals surface area contributed by atoms with Gasteiger partial charge < -0.3 is 0 Å². The molecule has 0 unspecified atom stereocenters. The molecule has 0 heterocycles. The Balaban J connectivity index is 0. The third-order valence-electron chi connectivity index (χ3n) is 2.22. The van der Waals surface area contributed by atoms with E-state index in [9.17, 15) is 0 Å². The van der Waals surface area contributed by atoms with Crippen LogP contribution in [0.15, 0.2) is 49.6 Å². The molecular formula is C17H30. The fraction of sp³-hybridized carbons (Fsp3) is 0.529. The molecule has 0 aliphatic heterocycles. The van der Waals surface area contributed by atoms with Crippen LogP contribution >= 0.6 is 0 Å². The van der Waals surface area contributed by atoms with Crippen LogP contribution in [0, 0.1) is 0 Å². The Kier molecular flexibility index (Phi) is 22.0. The molecule has 17 heavy (non-hydrogen) atoms. The summed E-state index contributed by atoms with van der Waals surface area (Å²) in [6.07, 6.45) is 21.0. The van der Waals surface area contributed by atoms with Gasteiger partial charge in [-0.2, -0.15) is 0 Å². The number of hydrogen-bond acceptors (Lipinski definition) is 0. The highest BCUT2D eigenvalue weighted by molar-refractivity contribution is 4.97. The Morgan fingerprint density at radius 1 is 0.706 bits per heavy atom. The predicted molar refractivity (Wildman–Crippen MR) is 82.3 cm³/mol. The van der Waals surface area contributed by atoms with Crippen LogP contribution < -0.4 is 0 Å². The lowest BCUT2D eigenvalue weighted by Crippen LogP contribution is -1.72. The van der Waals surface area contributed by atoms with Crippen molar-refractivity contribution in [2.45, 2.75) is 58.8 Å². The lowest BCUT2D eigenvalue weighted by atomic mass is 10.1. The molecule has 0 aliphatic rings. The quantitative estimate of drug-likeness (QED) is 0.328. The third-order valence-corrected chi connectivity index (χ3v) is 2.22. The van der Waals surface area contributed by atoms with E-state index in [1.165, 1.54) is 44.9 Å². The van der Waals surface area contributed by atoms with E-state index in [0.29, 0.717) is 0 Å². The van der Waals surface area contributed by atoms with Gasteiger partial charge >= 0.3 is 0 Å². The van der Waals surface area contributed by atoms with Crippen LogP contribution in [0.4, 0.5) is 0 Å². The molecule has 0 fully saturated rings. The van der Waals surface area contributed by atoms with Gasteiger partial charge in [0.2, 0.25) is 0 Å². The Hall–Kier alpha value is -1.04. The predicted octanol–water partition coefficient (Wildman–Crippen LogP) is 6.23. The number of allylic oxidation sites excluding steroid dienone is 6. The van der Waals surface area contributed by atoms with Crippen LogP contribution in [0.3, 0.4) is 0 Å². The monoisotopic (exact) mass is 234 g/mol. The van der Waals surface area contributed by atoms with E-state index in [0.717, 1.165) is 0 Å². The Bertz CT molecular complexity index is 196. The zero-order valence-electron chi connectivity index (χ0n) is 11.8. The summed E-state index contributed by atoms with van der Waals surface area (Å²) in [6.45, 7) is 11.5. The fourth-order valence-corrected chi connectivity index (χ4v) is 1.24. The second-order valence-corrected chi connectivity index (χ2v) is 3.97. The van der Waals surface area contributed by atoms with Crippen molar-refractivity contribution in [2.24, 2.45) is 0 Å². The van der Waals surface area contributed by atoms with Crippen molar-refractivity contribution in [1.29, 1.82) is 0 Å². The maximum Gasteiger partial charge on any atom is -0.0348 e. The molecule has 0 aliphatic carbocycles. The standard InChI is InChI=1S/C10H18.C7H12/c1-3-5-7-9-10-8-6-4-2;1-3-5-7-6-4-2/h3,5,7H,1,4,6,8-10H2,2H3;3,5,7H,1,4,6H2,2H3. The first kappa shape index (κ1) is 18.3. The van der Waals surface area contributed by atoms with Gasteiger partial charge in [0.1, 0.15) is 0 Å². The second-order valence-electron chi connectivity index (χ2n) is 3.97. The topological polar surface area (TPSA) is 0 Å². The minimum absolute atomic E-state index is 1.17. The SMILES string of the molecule is C=CC=CCCC.C=CC=CCCCCCC. The van der Waals surface area contributed by atoms with Crippen molar-refractivity contribution in [3.63, 3.8) is 0 Å². The lowest BCUT2D eigenvalue weighted by molar-refractivity contribution is 0.674. The molecule has 0 aromatic rings. The number of hydrogen-bond donors (Lipinski definition) is 0. The average Bonchev–Trinajstić information content (AvgIpc) is 2.35. The van der Waals surface area contributed by atoms with Gasteiger partial charge in [0.25, 0.3) is 0 Å². The van der Waals surface area contributed by atoms with E-state index in [1.54, 1.807) is 6.08 Å². The molecule has 0 saturated heterocycles. The molecule has 0 aromatic heterocycles. The summed E-state index contributed by atoms with van der Waals surface area (Å²) in [7, 11) is 0. The highest BCUT2D eigenvalue weighted by Gasteiger charge is 1.82. The van der Waals surface area contributed by atoms with Gasteiger partial charge in [-0.25, -0.2) is 0 Å². The third kappa shape index (κ3) is 25.3. The summed E-state index contributed by atoms with van der Waals surface area (Å²) in [5.74, 6) is 0. The molecule has 98 valence electrons. The van der Waals surface area contributed by atoms with Gasteiger partial charge in [-0.15, -0.1) is 0 Å². The van der Waals surface area contributed by atoms with Crippen LogP contribution in [0.5, 0.6) is 0 Å². The van der Waals surface area contributed by atoms with Crippen molar-refractivity contribution >= 4 is 0 Å². The zero-order valence-corrected chi connectivity index (χ0v) is 11.8. The number of unbranched alkanes of at least 4 members (excludes halogenated alkanes) is 5. The Morgan fingerprint density at radius 2 is 1.29 bits per heavy atom. The largest absolute Gasteiger partial charge is 0.0991 e. The van der Waals surface area contributed by atoms with Gasteiger partial charge in [0, 0.05) is 0 Å². The van der Waals surface area contributed by atoms with E-state index >= 15 is 0 Å². The molecule has 0 rings (SSSR count). The van der Waals surface area contributed by atoms with E-state index in [-0.39, 0.29) is 0 Å². The highest BCUT2D eigenvalue weighted by atomic mass is 13.9. The molecule has 0 amide bonds. The summed E-state index contributed by atoms with van der Waals surface area (Å²) < 4.78 is 0. The maximum absolute atomic E-state index is 3.61. The lowest BCUT2D eigenvalue weighted by Gasteiger charge is -1.92. The summed E-state index contributed by atoms with van der Waals surface area (Å²) >= 11 is 0. The number of rotatable bonds is 9. The molecule has 0 saturated carbocycles. The van der Waals surface area contributed by atoms with Crippen molar-refractivity contribution in [3.8, 4) is 0 Å². The minimum Gasteiger partial charge on any atom is -0.0991 e. The summed E-state index contributed by atoms with van der Waals surface area (Å²) in [4.78, 5) is 0. The van der Waals surface area contributed by atoms with Gasteiger partial charge in [0.15, 0.2) is 0 Å². The molecule has 0 heteroatoms. The molecule has 0 aromatic carbocycles. The molecular weight excluding hydrogens is 204 g/mol. The smallest absolute Gasteiger partial charge is 0.0348 e. The summed E-state index contributed by atoms with van der Waals surface area (Å²) in [6, 6.07) is 0. The zero-order chi connectivity index (χ0) is 13.2. The molecule has 0 spiro atoms. The van der Waals surface area contributed by atoms with Crippen molar-refractivity contribution in [3.05, 3.63) is 49.6 Å². The second kappa shape index (κ2) is 20.4. The first-order valence-corrected chi connectivity index (χ1v) is 6.88. The maximum atomic E-state index is 3.61. The first-order chi connectivity index (χ1) is 8.33. The minimum atomic E-state index is 1.17. The van der Waals surface area contributed by atoms with E-state index < -0.39 is 0 Å². The van der Waals surface area contributed by atoms with Gasteiger partial charge in [-0.05, 0) is 19.3 Å². The fourth-order valence-electron chi connectivity index (χ4n) is 1.24. The normalized spacial score (nSPS) is 10.2. The van der Waals surface area contributed by atoms with Gasteiger partial charge in [-0.3, -0.25) is 0 Å². The molecule has 0 N–H and O–H groups in total. The van der Waals surface area contributed by atoms with E-state index in [4.69, 9.17) is 0 Å². The van der Waals surface area contributed by atoms with Crippen molar-refractivity contribution in [1.82, 2.24) is 0 Å². The van der Waals surface area contributed by atoms with Gasteiger partial charge in [-0.1, -0.05) is 89.1 Å². The van der Waals surface area contributed by atoms with Crippen LogP contribution in [-0.4, -0.2) is 0 Å². The molecule has 0 atom stereocenters. The summed E-state index contributed by atoms with van der Waals surface area (Å²) in [5.41, 5.74) is 0. The van der Waals surface area contributed by atoms with Crippen molar-refractivity contribution in [2.75, 3.05) is 0 Å².